The van der Waals surface area contributed by atoms with Gasteiger partial charge in [0, 0.05) is 11.6 Å². The number of hydrogen-bond donors (Lipinski definition) is 0. The number of carbonyl (C=O) groups is 2. The predicted octanol–water partition coefficient (Wildman–Crippen LogP) is 3.94. The lowest BCUT2D eigenvalue weighted by Crippen LogP contribution is -2.19. The predicted molar refractivity (Wildman–Crippen MR) is 83.6 cm³/mol. The van der Waals surface area contributed by atoms with Gasteiger partial charge in [-0.15, -0.1) is 0 Å². The van der Waals surface area contributed by atoms with Gasteiger partial charge in [-0.25, -0.2) is 9.18 Å². The van der Waals surface area contributed by atoms with Crippen LogP contribution in [0.4, 0.5) is 4.39 Å². The normalized spacial score (nSPS) is 10.2. The van der Waals surface area contributed by atoms with Crippen LogP contribution in [-0.2, 0) is 9.53 Å². The molecule has 0 saturated carbocycles. The summed E-state index contributed by atoms with van der Waals surface area (Å²) in [6, 6.07) is 9.68. The lowest BCUT2D eigenvalue weighted by molar-refractivity contribution is -0.144. The van der Waals surface area contributed by atoms with Crippen molar-refractivity contribution in [2.45, 2.75) is 0 Å². The third-order valence-electron chi connectivity index (χ3n) is 2.76. The molecule has 0 N–H and O–H groups in total. The van der Waals surface area contributed by atoms with Crippen LogP contribution in [0.1, 0.15) is 10.4 Å². The van der Waals surface area contributed by atoms with Crippen LogP contribution in [0.2, 0.25) is 10.0 Å². The number of ketones is 1. The van der Waals surface area contributed by atoms with E-state index in [2.05, 4.69) is 0 Å². The number of rotatable bonds is 6. The third-order valence-corrected chi connectivity index (χ3v) is 3.50. The monoisotopic (exact) mass is 356 g/mol. The second-order valence-electron chi connectivity index (χ2n) is 4.46. The van der Waals surface area contributed by atoms with Crippen molar-refractivity contribution in [1.82, 2.24) is 0 Å². The average molecular weight is 357 g/mol. The van der Waals surface area contributed by atoms with E-state index in [1.165, 1.54) is 36.4 Å². The van der Waals surface area contributed by atoms with E-state index in [-0.39, 0.29) is 16.3 Å². The van der Waals surface area contributed by atoms with E-state index < -0.39 is 30.8 Å². The number of benzene rings is 2. The molecule has 0 atom stereocenters. The van der Waals surface area contributed by atoms with Gasteiger partial charge in [-0.2, -0.15) is 0 Å². The minimum Gasteiger partial charge on any atom is -0.482 e. The Bertz CT molecular complexity index is 734. The summed E-state index contributed by atoms with van der Waals surface area (Å²) < 4.78 is 22.8. The highest BCUT2D eigenvalue weighted by molar-refractivity contribution is 6.42. The number of Topliss-reactive ketones (excluding diaryl/α,β-unsaturated/α-hetero) is 1. The van der Waals surface area contributed by atoms with E-state index in [9.17, 15) is 14.0 Å². The Labute approximate surface area is 141 Å². The number of esters is 1. The zero-order chi connectivity index (χ0) is 16.8. The molecule has 0 aromatic heterocycles. The summed E-state index contributed by atoms with van der Waals surface area (Å²) in [4.78, 5) is 23.4. The van der Waals surface area contributed by atoms with Gasteiger partial charge < -0.3 is 9.47 Å². The molecular weight excluding hydrogens is 346 g/mol. The molecule has 0 unspecified atom stereocenters. The van der Waals surface area contributed by atoms with Crippen molar-refractivity contribution in [3.63, 3.8) is 0 Å². The molecule has 2 aromatic carbocycles. The van der Waals surface area contributed by atoms with E-state index in [1.807, 2.05) is 0 Å². The molecule has 120 valence electrons. The number of hydrogen-bond acceptors (Lipinski definition) is 4. The first-order valence-corrected chi connectivity index (χ1v) is 7.23. The van der Waals surface area contributed by atoms with Crippen molar-refractivity contribution in [2.75, 3.05) is 13.2 Å². The first-order valence-electron chi connectivity index (χ1n) is 6.48. The molecule has 2 aromatic rings. The summed E-state index contributed by atoms with van der Waals surface area (Å²) in [6.45, 7) is -0.887. The van der Waals surface area contributed by atoms with Gasteiger partial charge in [0.15, 0.2) is 19.0 Å². The summed E-state index contributed by atoms with van der Waals surface area (Å²) in [5.74, 6) is -1.46. The second-order valence-corrected chi connectivity index (χ2v) is 5.27. The maximum Gasteiger partial charge on any atom is 0.344 e. The minimum absolute atomic E-state index is 0.192. The van der Waals surface area contributed by atoms with Gasteiger partial charge in [0.2, 0.25) is 0 Å². The van der Waals surface area contributed by atoms with Crippen LogP contribution in [0.5, 0.6) is 5.75 Å². The molecule has 23 heavy (non-hydrogen) atoms. The molecule has 0 radical (unpaired) electrons. The molecule has 0 saturated heterocycles. The smallest absolute Gasteiger partial charge is 0.344 e. The third kappa shape index (κ3) is 5.23. The SMILES string of the molecule is O=C(COc1cccc(F)c1)OCC(=O)c1ccc(Cl)c(Cl)c1. The molecule has 0 spiro atoms. The Morgan fingerprint density at radius 3 is 2.48 bits per heavy atom. The van der Waals surface area contributed by atoms with E-state index >= 15 is 0 Å². The van der Waals surface area contributed by atoms with Crippen LogP contribution >= 0.6 is 23.2 Å². The zero-order valence-corrected chi connectivity index (χ0v) is 13.2. The quantitative estimate of drug-likeness (QED) is 0.581. The summed E-state index contributed by atoms with van der Waals surface area (Å²) in [7, 11) is 0. The van der Waals surface area contributed by atoms with E-state index in [0.717, 1.165) is 6.07 Å². The van der Waals surface area contributed by atoms with Crippen molar-refractivity contribution in [3.05, 3.63) is 63.9 Å². The van der Waals surface area contributed by atoms with Crippen molar-refractivity contribution < 1.29 is 23.5 Å². The highest BCUT2D eigenvalue weighted by Gasteiger charge is 2.12. The molecule has 7 heteroatoms. The van der Waals surface area contributed by atoms with Crippen LogP contribution in [0.3, 0.4) is 0 Å². The molecule has 0 amide bonds. The Hall–Kier alpha value is -2.11. The first kappa shape index (κ1) is 17.2. The summed E-state index contributed by atoms with van der Waals surface area (Å²) >= 11 is 11.6. The van der Waals surface area contributed by atoms with Gasteiger partial charge in [0.05, 0.1) is 10.0 Å². The summed E-state index contributed by atoms with van der Waals surface area (Å²) in [5.41, 5.74) is 0.276. The molecule has 0 bridgehead atoms. The largest absolute Gasteiger partial charge is 0.482 e. The van der Waals surface area contributed by atoms with Gasteiger partial charge in [-0.3, -0.25) is 4.79 Å². The average Bonchev–Trinajstić information content (AvgIpc) is 2.53. The van der Waals surface area contributed by atoms with Gasteiger partial charge in [0.25, 0.3) is 0 Å². The number of halogens is 3. The van der Waals surface area contributed by atoms with Gasteiger partial charge in [0.1, 0.15) is 11.6 Å². The number of carbonyl (C=O) groups excluding carboxylic acids is 2. The Morgan fingerprint density at radius 2 is 1.78 bits per heavy atom. The Kier molecular flexibility index (Phi) is 5.96. The molecule has 0 aliphatic heterocycles. The maximum atomic E-state index is 12.9. The summed E-state index contributed by atoms with van der Waals surface area (Å²) in [6.07, 6.45) is 0. The van der Waals surface area contributed by atoms with Crippen LogP contribution in [-0.4, -0.2) is 25.0 Å². The highest BCUT2D eigenvalue weighted by atomic mass is 35.5. The topological polar surface area (TPSA) is 52.6 Å². The maximum absolute atomic E-state index is 12.9. The van der Waals surface area contributed by atoms with Crippen LogP contribution in [0.15, 0.2) is 42.5 Å². The molecular formula is C16H11Cl2FO4. The van der Waals surface area contributed by atoms with E-state index in [4.69, 9.17) is 32.7 Å². The lowest BCUT2D eigenvalue weighted by atomic mass is 10.1. The molecule has 0 aliphatic carbocycles. The zero-order valence-electron chi connectivity index (χ0n) is 11.7. The standard InChI is InChI=1S/C16H11Cl2FO4/c17-13-5-4-10(6-14(13)18)15(20)8-23-16(21)9-22-12-3-1-2-11(19)7-12/h1-7H,8-9H2. The number of ether oxygens (including phenoxy) is 2. The fourth-order valence-electron chi connectivity index (χ4n) is 1.64. The van der Waals surface area contributed by atoms with Crippen LogP contribution in [0, 0.1) is 5.82 Å². The highest BCUT2D eigenvalue weighted by Crippen LogP contribution is 2.22. The van der Waals surface area contributed by atoms with Crippen molar-refractivity contribution in [1.29, 1.82) is 0 Å². The molecule has 2 rings (SSSR count). The van der Waals surface area contributed by atoms with Crippen molar-refractivity contribution in [2.24, 2.45) is 0 Å². The molecule has 0 fully saturated rings. The van der Waals surface area contributed by atoms with Gasteiger partial charge >= 0.3 is 5.97 Å². The Balaban J connectivity index is 1.81. The minimum atomic E-state index is -0.748. The van der Waals surface area contributed by atoms with E-state index in [1.54, 1.807) is 0 Å². The molecule has 4 nitrogen and oxygen atoms in total. The fraction of sp³-hybridized carbons (Fsp3) is 0.125. The fourth-order valence-corrected chi connectivity index (χ4v) is 1.94. The molecule has 0 aliphatic rings. The lowest BCUT2D eigenvalue weighted by Gasteiger charge is -2.07. The second kappa shape index (κ2) is 7.94. The van der Waals surface area contributed by atoms with Crippen LogP contribution < -0.4 is 4.74 Å². The van der Waals surface area contributed by atoms with Crippen molar-refractivity contribution >= 4 is 35.0 Å². The van der Waals surface area contributed by atoms with Crippen molar-refractivity contribution in [3.8, 4) is 5.75 Å². The Morgan fingerprint density at radius 1 is 1.00 bits per heavy atom. The van der Waals surface area contributed by atoms with Crippen LogP contribution in [0.25, 0.3) is 0 Å². The molecule has 0 heterocycles. The first-order chi connectivity index (χ1) is 11.0. The summed E-state index contributed by atoms with van der Waals surface area (Å²) in [5, 5.41) is 0.557. The van der Waals surface area contributed by atoms with Gasteiger partial charge in [-0.05, 0) is 30.3 Å². The van der Waals surface area contributed by atoms with E-state index in [0.29, 0.717) is 5.02 Å². The van der Waals surface area contributed by atoms with Gasteiger partial charge in [-0.1, -0.05) is 29.3 Å².